The predicted molar refractivity (Wildman–Crippen MR) is 86.9 cm³/mol. The molecule has 0 radical (unpaired) electrons. The van der Waals surface area contributed by atoms with E-state index in [-0.39, 0.29) is 0 Å². The smallest absolute Gasteiger partial charge is 0.315 e. The Labute approximate surface area is 129 Å². The van der Waals surface area contributed by atoms with Crippen LogP contribution in [0.3, 0.4) is 0 Å². The number of hydrogen-bond donors (Lipinski definition) is 2. The summed E-state index contributed by atoms with van der Waals surface area (Å²) in [6.45, 7) is 7.67. The molecule has 2 N–H and O–H groups in total. The van der Waals surface area contributed by atoms with Crippen molar-refractivity contribution in [3.63, 3.8) is 0 Å². The Bertz CT molecular complexity index is 715. The van der Waals surface area contributed by atoms with Crippen LogP contribution >= 0.6 is 0 Å². The van der Waals surface area contributed by atoms with Crippen LogP contribution in [-0.4, -0.2) is 16.8 Å². The highest BCUT2D eigenvalue weighted by Crippen LogP contribution is 2.21. The van der Waals surface area contributed by atoms with Gasteiger partial charge in [-0.15, -0.1) is 0 Å². The van der Waals surface area contributed by atoms with Gasteiger partial charge in [-0.25, -0.2) is 4.98 Å². The Morgan fingerprint density at radius 3 is 2.05 bits per heavy atom. The van der Waals surface area contributed by atoms with Gasteiger partial charge in [-0.05, 0) is 56.5 Å². The fourth-order valence-corrected chi connectivity index (χ4v) is 2.33. The van der Waals surface area contributed by atoms with Crippen LogP contribution in [0, 0.1) is 27.7 Å². The Hall–Kier alpha value is -2.69. The SMILES string of the molecule is Cc1ccnc(NC(=O)C(=O)Nc2c(C)cc(C)cc2C)c1. The molecule has 0 bridgehead atoms. The van der Waals surface area contributed by atoms with E-state index in [4.69, 9.17) is 0 Å². The summed E-state index contributed by atoms with van der Waals surface area (Å²) < 4.78 is 0. The quantitative estimate of drug-likeness (QED) is 0.837. The number of carbonyl (C=O) groups is 2. The maximum Gasteiger partial charge on any atom is 0.315 e. The molecule has 0 fully saturated rings. The Balaban J connectivity index is 2.11. The standard InChI is InChI=1S/C17H19N3O2/c1-10-5-6-18-14(9-10)19-16(21)17(22)20-15-12(3)7-11(2)8-13(15)4/h5-9H,1-4H3,(H,20,22)(H,18,19,21). The largest absolute Gasteiger partial charge is 0.317 e. The molecule has 1 heterocycles. The average molecular weight is 297 g/mol. The van der Waals surface area contributed by atoms with Crippen LogP contribution in [0.25, 0.3) is 0 Å². The van der Waals surface area contributed by atoms with E-state index in [1.165, 1.54) is 0 Å². The van der Waals surface area contributed by atoms with Gasteiger partial charge in [0.25, 0.3) is 0 Å². The number of rotatable bonds is 2. The van der Waals surface area contributed by atoms with Crippen molar-refractivity contribution in [2.45, 2.75) is 27.7 Å². The molecule has 0 saturated carbocycles. The maximum absolute atomic E-state index is 12.0. The van der Waals surface area contributed by atoms with E-state index < -0.39 is 11.8 Å². The lowest BCUT2D eigenvalue weighted by Crippen LogP contribution is -2.30. The summed E-state index contributed by atoms with van der Waals surface area (Å²) in [6, 6.07) is 7.44. The highest BCUT2D eigenvalue weighted by molar-refractivity contribution is 6.43. The summed E-state index contributed by atoms with van der Waals surface area (Å²) in [6.07, 6.45) is 1.58. The lowest BCUT2D eigenvalue weighted by molar-refractivity contribution is -0.133. The number of hydrogen-bond acceptors (Lipinski definition) is 3. The second-order valence-corrected chi connectivity index (χ2v) is 5.40. The molecule has 0 unspecified atom stereocenters. The normalized spacial score (nSPS) is 10.2. The number of anilines is 2. The van der Waals surface area contributed by atoms with Gasteiger partial charge in [0.15, 0.2) is 0 Å². The van der Waals surface area contributed by atoms with Gasteiger partial charge in [0, 0.05) is 11.9 Å². The van der Waals surface area contributed by atoms with Crippen molar-refractivity contribution in [1.29, 1.82) is 0 Å². The van der Waals surface area contributed by atoms with Gasteiger partial charge in [0.05, 0.1) is 0 Å². The molecule has 0 spiro atoms. The van der Waals surface area contributed by atoms with Gasteiger partial charge >= 0.3 is 11.8 Å². The number of aryl methyl sites for hydroxylation is 4. The maximum atomic E-state index is 12.0. The first kappa shape index (κ1) is 15.7. The zero-order valence-corrected chi connectivity index (χ0v) is 13.2. The molecule has 5 heteroatoms. The van der Waals surface area contributed by atoms with Gasteiger partial charge in [-0.3, -0.25) is 9.59 Å². The fraction of sp³-hybridized carbons (Fsp3) is 0.235. The van der Waals surface area contributed by atoms with E-state index in [2.05, 4.69) is 15.6 Å². The first-order valence-electron chi connectivity index (χ1n) is 6.99. The molecule has 0 atom stereocenters. The van der Waals surface area contributed by atoms with E-state index in [1.807, 2.05) is 45.9 Å². The minimum atomic E-state index is -0.738. The second-order valence-electron chi connectivity index (χ2n) is 5.40. The van der Waals surface area contributed by atoms with E-state index in [0.717, 1.165) is 22.3 Å². The zero-order valence-electron chi connectivity index (χ0n) is 13.2. The number of nitrogens with one attached hydrogen (secondary N) is 2. The van der Waals surface area contributed by atoms with Crippen LogP contribution in [-0.2, 0) is 9.59 Å². The van der Waals surface area contributed by atoms with Crippen molar-refractivity contribution in [3.05, 3.63) is 52.7 Å². The number of benzene rings is 1. The molecule has 2 aromatic rings. The first-order chi connectivity index (χ1) is 10.4. The average Bonchev–Trinajstić information content (AvgIpc) is 2.42. The molecule has 1 aromatic heterocycles. The van der Waals surface area contributed by atoms with E-state index in [0.29, 0.717) is 11.5 Å². The summed E-state index contributed by atoms with van der Waals surface area (Å²) in [5.74, 6) is -1.09. The highest BCUT2D eigenvalue weighted by Gasteiger charge is 2.16. The van der Waals surface area contributed by atoms with Crippen molar-refractivity contribution < 1.29 is 9.59 Å². The van der Waals surface area contributed by atoms with Crippen LogP contribution in [0.15, 0.2) is 30.5 Å². The molecule has 5 nitrogen and oxygen atoms in total. The van der Waals surface area contributed by atoms with Gasteiger partial charge in [0.2, 0.25) is 0 Å². The number of amides is 2. The minimum absolute atomic E-state index is 0.359. The van der Waals surface area contributed by atoms with Gasteiger partial charge in [-0.1, -0.05) is 17.7 Å². The van der Waals surface area contributed by atoms with Gasteiger partial charge in [-0.2, -0.15) is 0 Å². The summed E-state index contributed by atoms with van der Waals surface area (Å²) in [5, 5.41) is 5.15. The molecule has 0 aliphatic heterocycles. The summed E-state index contributed by atoms with van der Waals surface area (Å²) >= 11 is 0. The monoisotopic (exact) mass is 297 g/mol. The molecule has 1 aromatic carbocycles. The number of nitrogens with zero attached hydrogens (tertiary/aromatic N) is 1. The van der Waals surface area contributed by atoms with E-state index >= 15 is 0 Å². The van der Waals surface area contributed by atoms with Crippen LogP contribution in [0.5, 0.6) is 0 Å². The molecule has 2 rings (SSSR count). The molecule has 2 amide bonds. The van der Waals surface area contributed by atoms with Crippen LogP contribution < -0.4 is 10.6 Å². The van der Waals surface area contributed by atoms with E-state index in [1.54, 1.807) is 12.3 Å². The van der Waals surface area contributed by atoms with Crippen molar-refractivity contribution in [3.8, 4) is 0 Å². The van der Waals surface area contributed by atoms with E-state index in [9.17, 15) is 9.59 Å². The fourth-order valence-electron chi connectivity index (χ4n) is 2.33. The zero-order chi connectivity index (χ0) is 16.3. The molecule has 114 valence electrons. The third-order valence-electron chi connectivity index (χ3n) is 3.28. The lowest BCUT2D eigenvalue weighted by atomic mass is 10.1. The molecule has 0 aliphatic rings. The number of pyridine rings is 1. The van der Waals surface area contributed by atoms with Gasteiger partial charge < -0.3 is 10.6 Å². The highest BCUT2D eigenvalue weighted by atomic mass is 16.2. The van der Waals surface area contributed by atoms with Crippen molar-refractivity contribution in [2.24, 2.45) is 0 Å². The topological polar surface area (TPSA) is 71.1 Å². The van der Waals surface area contributed by atoms with Crippen LogP contribution in [0.1, 0.15) is 22.3 Å². The van der Waals surface area contributed by atoms with Crippen molar-refractivity contribution in [1.82, 2.24) is 4.98 Å². The van der Waals surface area contributed by atoms with Crippen LogP contribution in [0.2, 0.25) is 0 Å². The summed E-state index contributed by atoms with van der Waals surface area (Å²) in [4.78, 5) is 28.0. The molecule has 0 saturated heterocycles. The third-order valence-corrected chi connectivity index (χ3v) is 3.28. The van der Waals surface area contributed by atoms with Gasteiger partial charge in [0.1, 0.15) is 5.82 Å². The second kappa shape index (κ2) is 6.39. The Morgan fingerprint density at radius 2 is 1.45 bits per heavy atom. The Kier molecular flexibility index (Phi) is 4.56. The van der Waals surface area contributed by atoms with Crippen molar-refractivity contribution in [2.75, 3.05) is 10.6 Å². The first-order valence-corrected chi connectivity index (χ1v) is 6.99. The molecular formula is C17H19N3O2. The molecule has 0 aliphatic carbocycles. The number of carbonyl (C=O) groups excluding carboxylic acids is 2. The lowest BCUT2D eigenvalue weighted by Gasteiger charge is -2.12. The minimum Gasteiger partial charge on any atom is -0.317 e. The predicted octanol–water partition coefficient (Wildman–Crippen LogP) is 2.89. The van der Waals surface area contributed by atoms with Crippen molar-refractivity contribution >= 4 is 23.3 Å². The van der Waals surface area contributed by atoms with Crippen LogP contribution in [0.4, 0.5) is 11.5 Å². The summed E-state index contributed by atoms with van der Waals surface area (Å²) in [7, 11) is 0. The number of aromatic nitrogens is 1. The molecular weight excluding hydrogens is 278 g/mol. The molecule has 22 heavy (non-hydrogen) atoms. The summed E-state index contributed by atoms with van der Waals surface area (Å²) in [5.41, 5.74) is 4.58. The third kappa shape index (κ3) is 3.69. The Morgan fingerprint density at radius 1 is 0.864 bits per heavy atom.